The topological polar surface area (TPSA) is 47.5 Å². The number of ether oxygens (including phenoxy) is 2. The molecule has 2 aliphatic heterocycles. The summed E-state index contributed by atoms with van der Waals surface area (Å²) >= 11 is 0. The third-order valence-electron chi connectivity index (χ3n) is 5.62. The fraction of sp³-hybridized carbons (Fsp3) is 0.333. The van der Waals surface area contributed by atoms with Crippen LogP contribution in [0.3, 0.4) is 0 Å². The van der Waals surface area contributed by atoms with Crippen molar-refractivity contribution >= 4 is 23.2 Å². The maximum absolute atomic E-state index is 5.49. The molecule has 1 fully saturated rings. The van der Waals surface area contributed by atoms with Crippen LogP contribution in [0.1, 0.15) is 36.2 Å². The molecule has 0 unspecified atom stereocenters. The van der Waals surface area contributed by atoms with Gasteiger partial charge in [-0.25, -0.2) is 9.97 Å². The van der Waals surface area contributed by atoms with Gasteiger partial charge in [-0.2, -0.15) is 0 Å². The van der Waals surface area contributed by atoms with Crippen LogP contribution in [0.2, 0.25) is 0 Å². The molecule has 0 aliphatic carbocycles. The Kier molecular flexibility index (Phi) is 5.13. The minimum Gasteiger partial charge on any atom is -0.454 e. The number of hydrogen-bond donors (Lipinski definition) is 0. The Bertz CT molecular complexity index is 1040. The van der Waals surface area contributed by atoms with Gasteiger partial charge in [0.05, 0.1) is 22.4 Å². The molecule has 2 aromatic carbocycles. The highest BCUT2D eigenvalue weighted by Crippen LogP contribution is 2.33. The smallest absolute Gasteiger partial charge is 0.231 e. The summed E-state index contributed by atoms with van der Waals surface area (Å²) in [5.74, 6) is 1.59. The van der Waals surface area contributed by atoms with Crippen molar-refractivity contribution in [2.45, 2.75) is 25.7 Å². The van der Waals surface area contributed by atoms with Crippen molar-refractivity contribution in [2.24, 2.45) is 0 Å². The van der Waals surface area contributed by atoms with E-state index >= 15 is 0 Å². The lowest BCUT2D eigenvalue weighted by Gasteiger charge is -2.26. The van der Waals surface area contributed by atoms with Gasteiger partial charge in [-0.15, -0.1) is 0 Å². The molecule has 5 rings (SSSR count). The van der Waals surface area contributed by atoms with Crippen LogP contribution in [-0.4, -0.2) is 41.3 Å². The number of benzene rings is 2. The van der Waals surface area contributed by atoms with E-state index in [2.05, 4.69) is 17.1 Å². The van der Waals surface area contributed by atoms with Crippen LogP contribution < -0.4 is 9.47 Å². The number of likely N-dealkylation sites (tertiary alicyclic amines) is 1. The number of rotatable bonds is 5. The molecule has 5 nitrogen and oxygen atoms in total. The second kappa shape index (κ2) is 8.21. The lowest BCUT2D eigenvalue weighted by Crippen LogP contribution is -2.31. The van der Waals surface area contributed by atoms with Gasteiger partial charge in [0.2, 0.25) is 6.79 Å². The molecule has 0 radical (unpaired) electrons. The molecule has 0 spiro atoms. The first-order chi connectivity index (χ1) is 14.3. The zero-order valence-corrected chi connectivity index (χ0v) is 16.5. The Hall–Kier alpha value is -2.92. The van der Waals surface area contributed by atoms with Crippen LogP contribution >= 0.6 is 0 Å². The number of para-hydroxylation sites is 2. The van der Waals surface area contributed by atoms with E-state index < -0.39 is 0 Å². The highest BCUT2D eigenvalue weighted by atomic mass is 16.7. The summed E-state index contributed by atoms with van der Waals surface area (Å²) in [7, 11) is 0. The highest BCUT2D eigenvalue weighted by Gasteiger charge is 2.14. The number of aromatic nitrogens is 2. The fourth-order valence-corrected chi connectivity index (χ4v) is 4.01. The summed E-state index contributed by atoms with van der Waals surface area (Å²) in [6.45, 7) is 3.73. The van der Waals surface area contributed by atoms with Crippen molar-refractivity contribution in [3.05, 3.63) is 59.4 Å². The minimum atomic E-state index is 0.291. The highest BCUT2D eigenvalue weighted by molar-refractivity contribution is 5.78. The quantitative estimate of drug-likeness (QED) is 0.642. The molecule has 5 heteroatoms. The predicted molar refractivity (Wildman–Crippen MR) is 115 cm³/mol. The van der Waals surface area contributed by atoms with Gasteiger partial charge in [0.15, 0.2) is 11.5 Å². The van der Waals surface area contributed by atoms with Crippen LogP contribution in [0.5, 0.6) is 11.5 Å². The Morgan fingerprint density at radius 1 is 0.862 bits per heavy atom. The van der Waals surface area contributed by atoms with E-state index in [1.807, 2.05) is 42.5 Å². The molecular weight excluding hydrogens is 362 g/mol. The molecule has 3 heterocycles. The zero-order valence-electron chi connectivity index (χ0n) is 16.5. The van der Waals surface area contributed by atoms with Crippen molar-refractivity contribution in [1.29, 1.82) is 0 Å². The van der Waals surface area contributed by atoms with Crippen LogP contribution in [-0.2, 0) is 6.42 Å². The van der Waals surface area contributed by atoms with E-state index in [9.17, 15) is 0 Å². The first-order valence-electron chi connectivity index (χ1n) is 10.4. The van der Waals surface area contributed by atoms with Gasteiger partial charge in [-0.05, 0) is 61.8 Å². The third kappa shape index (κ3) is 4.10. The standard InChI is InChI=1S/C24H25N3O2/c1-4-13-27(14-5-1)15-12-22-21(25-19-6-2-3-7-20(19)26-22)10-8-18-9-11-23-24(16-18)29-17-28-23/h2-3,6-11,16H,1,4-5,12-15,17H2/b10-8-. The number of piperidine rings is 1. The number of nitrogens with zero attached hydrogens (tertiary/aromatic N) is 3. The van der Waals surface area contributed by atoms with E-state index in [0.717, 1.165) is 52.4 Å². The van der Waals surface area contributed by atoms with E-state index in [1.165, 1.54) is 32.4 Å². The van der Waals surface area contributed by atoms with Gasteiger partial charge in [0.25, 0.3) is 0 Å². The summed E-state index contributed by atoms with van der Waals surface area (Å²) in [6, 6.07) is 14.1. The van der Waals surface area contributed by atoms with Crippen molar-refractivity contribution in [1.82, 2.24) is 14.9 Å². The Morgan fingerprint density at radius 3 is 2.52 bits per heavy atom. The maximum Gasteiger partial charge on any atom is 0.231 e. The van der Waals surface area contributed by atoms with E-state index in [-0.39, 0.29) is 0 Å². The average molecular weight is 387 g/mol. The van der Waals surface area contributed by atoms with Crippen LogP contribution in [0, 0.1) is 0 Å². The molecule has 148 valence electrons. The molecule has 0 saturated carbocycles. The molecule has 29 heavy (non-hydrogen) atoms. The van der Waals surface area contributed by atoms with Gasteiger partial charge < -0.3 is 14.4 Å². The molecule has 2 aliphatic rings. The van der Waals surface area contributed by atoms with Crippen molar-refractivity contribution in [2.75, 3.05) is 26.4 Å². The van der Waals surface area contributed by atoms with Gasteiger partial charge in [-0.3, -0.25) is 0 Å². The summed E-state index contributed by atoms with van der Waals surface area (Å²) in [5.41, 5.74) is 4.96. The maximum atomic E-state index is 5.49. The first kappa shape index (κ1) is 18.1. The van der Waals surface area contributed by atoms with Crippen LogP contribution in [0.25, 0.3) is 23.2 Å². The second-order valence-electron chi connectivity index (χ2n) is 7.64. The van der Waals surface area contributed by atoms with E-state index in [4.69, 9.17) is 19.4 Å². The van der Waals surface area contributed by atoms with E-state index in [0.29, 0.717) is 6.79 Å². The molecule has 1 aromatic heterocycles. The number of hydrogen-bond acceptors (Lipinski definition) is 5. The molecule has 1 saturated heterocycles. The van der Waals surface area contributed by atoms with Gasteiger partial charge >= 0.3 is 0 Å². The zero-order chi connectivity index (χ0) is 19.5. The minimum absolute atomic E-state index is 0.291. The fourth-order valence-electron chi connectivity index (χ4n) is 4.01. The molecule has 0 bridgehead atoms. The summed E-state index contributed by atoms with van der Waals surface area (Å²) in [4.78, 5) is 12.4. The summed E-state index contributed by atoms with van der Waals surface area (Å²) in [6.07, 6.45) is 9.03. The lowest BCUT2D eigenvalue weighted by molar-refractivity contribution is 0.174. The molecule has 3 aromatic rings. The first-order valence-corrected chi connectivity index (χ1v) is 10.4. The monoisotopic (exact) mass is 387 g/mol. The van der Waals surface area contributed by atoms with Crippen LogP contribution in [0.4, 0.5) is 0 Å². The average Bonchev–Trinajstić information content (AvgIpc) is 3.24. The normalized spacial score (nSPS) is 16.7. The van der Waals surface area contributed by atoms with E-state index in [1.54, 1.807) is 0 Å². The Labute approximate surface area is 171 Å². The Morgan fingerprint density at radius 2 is 1.66 bits per heavy atom. The van der Waals surface area contributed by atoms with Crippen LogP contribution in [0.15, 0.2) is 42.5 Å². The van der Waals surface area contributed by atoms with Gasteiger partial charge in [0.1, 0.15) is 0 Å². The SMILES string of the molecule is C(=C/c1nc2ccccc2nc1CCN1CCCCC1)/c1ccc2c(c1)OCO2. The second-order valence-corrected chi connectivity index (χ2v) is 7.64. The third-order valence-corrected chi connectivity index (χ3v) is 5.62. The lowest BCUT2D eigenvalue weighted by atomic mass is 10.1. The molecule has 0 amide bonds. The Balaban J connectivity index is 1.42. The number of fused-ring (bicyclic) bond motifs is 2. The van der Waals surface area contributed by atoms with Crippen molar-refractivity contribution in [3.63, 3.8) is 0 Å². The molecular formula is C24H25N3O2. The predicted octanol–water partition coefficient (Wildman–Crippen LogP) is 4.56. The summed E-state index contributed by atoms with van der Waals surface area (Å²) < 4.78 is 10.9. The molecule has 0 atom stereocenters. The molecule has 0 N–H and O–H groups in total. The van der Waals surface area contributed by atoms with Crippen molar-refractivity contribution in [3.8, 4) is 11.5 Å². The summed E-state index contributed by atoms with van der Waals surface area (Å²) in [5, 5.41) is 0. The van der Waals surface area contributed by atoms with Gasteiger partial charge in [0, 0.05) is 13.0 Å². The van der Waals surface area contributed by atoms with Gasteiger partial charge in [-0.1, -0.05) is 30.7 Å². The van der Waals surface area contributed by atoms with Crippen molar-refractivity contribution < 1.29 is 9.47 Å². The largest absolute Gasteiger partial charge is 0.454 e.